The molecule has 6 rings (SSSR count). The van der Waals surface area contributed by atoms with Gasteiger partial charge in [0.15, 0.2) is 0 Å². The molecule has 4 aromatic rings. The highest BCUT2D eigenvalue weighted by molar-refractivity contribution is 5.95. The van der Waals surface area contributed by atoms with Crippen molar-refractivity contribution in [3.63, 3.8) is 0 Å². The van der Waals surface area contributed by atoms with Crippen LogP contribution in [0, 0.1) is 11.8 Å². The number of hydrogen-bond acceptors (Lipinski definition) is 9. The van der Waals surface area contributed by atoms with Crippen molar-refractivity contribution in [3.05, 3.63) is 143 Å². The second-order valence-electron chi connectivity index (χ2n) is 18.4. The van der Waals surface area contributed by atoms with Crippen molar-refractivity contribution in [1.82, 2.24) is 31.9 Å². The summed E-state index contributed by atoms with van der Waals surface area (Å²) in [7, 11) is 3.86. The molecular formula is C56H80N6O7. The van der Waals surface area contributed by atoms with Crippen LogP contribution >= 0.6 is 0 Å². The summed E-state index contributed by atoms with van der Waals surface area (Å²) < 4.78 is 6.16. The predicted molar refractivity (Wildman–Crippen MR) is 275 cm³/mol. The summed E-state index contributed by atoms with van der Waals surface area (Å²) in [5.41, 5.74) is 4.71. The first-order chi connectivity index (χ1) is 33.5. The van der Waals surface area contributed by atoms with Crippen LogP contribution in [-0.2, 0) is 14.3 Å². The molecule has 4 atom stereocenters. The molecule has 4 amide bonds. The summed E-state index contributed by atoms with van der Waals surface area (Å²) in [5, 5.41) is 36.8. The summed E-state index contributed by atoms with van der Waals surface area (Å²) in [4.78, 5) is 47.2. The van der Waals surface area contributed by atoms with Gasteiger partial charge in [-0.1, -0.05) is 149 Å². The summed E-state index contributed by atoms with van der Waals surface area (Å²) in [6, 6.07) is 34.7. The second kappa shape index (κ2) is 32.4. The van der Waals surface area contributed by atoms with Crippen molar-refractivity contribution >= 4 is 23.6 Å². The van der Waals surface area contributed by atoms with Crippen LogP contribution in [-0.4, -0.2) is 99.4 Å². The Bertz CT molecular complexity index is 2080. The number of hydrogen-bond donors (Lipinski definition) is 8. The van der Waals surface area contributed by atoms with E-state index in [9.17, 15) is 24.3 Å². The Morgan fingerprint density at radius 3 is 1.45 bits per heavy atom. The molecule has 13 nitrogen and oxygen atoms in total. The standard InChI is InChI=1S/C28H39N3O3.C24H32N2O2.C4H9NO2/c1-21(32)30-16-17-34-27(23-12-7-4-8-13-23)24-14-9-15-25(19-24)28(33)31-26(20-29-2)18-22-10-5-3-6-11-22;1-25-17-22(15-18-9-4-2-5-10-18)26-24(28)21-14-8-13-20(16-21)23(27)19-11-6-3-7-12-19;1-4(7)5-2-3-6/h4,7-9,12-15,19,22,26-27,29H,3,5-6,10-11,16-18,20H2,1-2H3,(H,30,32)(H,31,33);3,6-8,11-14,16,18,22-23,25,27H,2,4-5,9-10,15,17H2,1H3,(H,26,28);6H,2-3H2,1H3,(H,5,7)/t26-,27?;22-,23?;/m00./s1. The third-order valence-corrected chi connectivity index (χ3v) is 12.6. The first-order valence-corrected chi connectivity index (χ1v) is 25.1. The number of carbonyl (C=O) groups excluding carboxylic acids is 4. The Morgan fingerprint density at radius 2 is 1.00 bits per heavy atom. The number of aliphatic hydroxyl groups excluding tert-OH is 2. The monoisotopic (exact) mass is 949 g/mol. The SMILES string of the molecule is CC(=O)NCCO.CNC[C@H](CC1CCCCC1)NC(=O)c1cccc(C(O)c2ccccc2)c1.CNC[C@H](CC1CCCCC1)NC(=O)c1cccc(C(OCCNC(C)=O)c2ccccc2)c1. The van der Waals surface area contributed by atoms with Gasteiger partial charge >= 0.3 is 0 Å². The van der Waals surface area contributed by atoms with Crippen molar-refractivity contribution < 1.29 is 34.1 Å². The van der Waals surface area contributed by atoms with Crippen LogP contribution in [0.4, 0.5) is 0 Å². The van der Waals surface area contributed by atoms with Crippen LogP contribution in [0.5, 0.6) is 0 Å². The van der Waals surface area contributed by atoms with Gasteiger partial charge < -0.3 is 46.9 Å². The van der Waals surface area contributed by atoms with E-state index in [4.69, 9.17) is 9.84 Å². The van der Waals surface area contributed by atoms with Crippen molar-refractivity contribution in [2.24, 2.45) is 11.8 Å². The molecule has 2 fully saturated rings. The Kier molecular flexibility index (Phi) is 26.4. The van der Waals surface area contributed by atoms with Gasteiger partial charge in [0, 0.05) is 63.2 Å². The molecule has 2 saturated carbocycles. The number of aliphatic hydroxyl groups is 2. The van der Waals surface area contributed by atoms with E-state index < -0.39 is 6.10 Å². The summed E-state index contributed by atoms with van der Waals surface area (Å²) in [6.45, 7) is 5.62. The maximum Gasteiger partial charge on any atom is 0.251 e. The second-order valence-corrected chi connectivity index (χ2v) is 18.4. The first-order valence-electron chi connectivity index (χ1n) is 25.1. The van der Waals surface area contributed by atoms with E-state index in [1.54, 1.807) is 6.07 Å². The first kappa shape index (κ1) is 56.2. The summed E-state index contributed by atoms with van der Waals surface area (Å²) in [5.74, 6) is 1.09. The lowest BCUT2D eigenvalue weighted by molar-refractivity contribution is -0.120. The molecule has 0 saturated heterocycles. The molecule has 0 spiro atoms. The zero-order chi connectivity index (χ0) is 49.6. The molecule has 2 unspecified atom stereocenters. The van der Waals surface area contributed by atoms with Gasteiger partial charge in [-0.25, -0.2) is 0 Å². The van der Waals surface area contributed by atoms with Gasteiger partial charge in [0.05, 0.1) is 13.2 Å². The quantitative estimate of drug-likeness (QED) is 0.0372. The topological polar surface area (TPSA) is 190 Å². The lowest BCUT2D eigenvalue weighted by atomic mass is 9.84. The van der Waals surface area contributed by atoms with E-state index in [-0.39, 0.29) is 48.4 Å². The molecule has 0 heterocycles. The van der Waals surface area contributed by atoms with Crippen molar-refractivity contribution in [2.75, 3.05) is 53.5 Å². The number of benzene rings is 4. The van der Waals surface area contributed by atoms with E-state index >= 15 is 0 Å². The third-order valence-electron chi connectivity index (χ3n) is 12.6. The molecule has 2 aliphatic carbocycles. The van der Waals surface area contributed by atoms with Gasteiger partial charge in [0.2, 0.25) is 11.8 Å². The zero-order valence-electron chi connectivity index (χ0n) is 41.5. The predicted octanol–water partition coefficient (Wildman–Crippen LogP) is 7.39. The Labute approximate surface area is 411 Å². The molecule has 376 valence electrons. The van der Waals surface area contributed by atoms with Crippen LogP contribution in [0.25, 0.3) is 0 Å². The average Bonchev–Trinajstić information content (AvgIpc) is 3.37. The number of rotatable bonds is 22. The van der Waals surface area contributed by atoms with Crippen LogP contribution in [0.3, 0.4) is 0 Å². The van der Waals surface area contributed by atoms with Crippen LogP contribution < -0.4 is 31.9 Å². The number of nitrogens with one attached hydrogen (secondary N) is 6. The summed E-state index contributed by atoms with van der Waals surface area (Å²) in [6.07, 6.45) is 14.0. The van der Waals surface area contributed by atoms with E-state index in [1.807, 2.05) is 117 Å². The van der Waals surface area contributed by atoms with Gasteiger partial charge in [-0.15, -0.1) is 0 Å². The lowest BCUT2D eigenvalue weighted by Crippen LogP contribution is -2.42. The molecule has 69 heavy (non-hydrogen) atoms. The Hall–Kier alpha value is -5.44. The smallest absolute Gasteiger partial charge is 0.251 e. The minimum atomic E-state index is -0.732. The highest BCUT2D eigenvalue weighted by atomic mass is 16.5. The highest BCUT2D eigenvalue weighted by Crippen LogP contribution is 2.30. The maximum atomic E-state index is 13.2. The minimum absolute atomic E-state index is 0.0135. The van der Waals surface area contributed by atoms with E-state index in [0.29, 0.717) is 42.7 Å². The molecule has 4 aromatic carbocycles. The van der Waals surface area contributed by atoms with E-state index in [0.717, 1.165) is 48.2 Å². The lowest BCUT2D eigenvalue weighted by Gasteiger charge is -2.27. The third kappa shape index (κ3) is 21.4. The van der Waals surface area contributed by atoms with Gasteiger partial charge in [0.25, 0.3) is 11.8 Å². The Morgan fingerprint density at radius 1 is 0.565 bits per heavy atom. The minimum Gasteiger partial charge on any atom is -0.395 e. The fraction of sp³-hybridized carbons (Fsp3) is 0.500. The van der Waals surface area contributed by atoms with E-state index in [1.165, 1.54) is 78.1 Å². The number of ether oxygens (including phenoxy) is 1. The molecule has 2 aliphatic rings. The molecule has 0 aromatic heterocycles. The van der Waals surface area contributed by atoms with Crippen molar-refractivity contribution in [2.45, 2.75) is 115 Å². The van der Waals surface area contributed by atoms with Crippen molar-refractivity contribution in [1.29, 1.82) is 0 Å². The Balaban J connectivity index is 0.000000267. The highest BCUT2D eigenvalue weighted by Gasteiger charge is 2.24. The van der Waals surface area contributed by atoms with Crippen LogP contribution in [0.2, 0.25) is 0 Å². The molecule has 8 N–H and O–H groups in total. The molecule has 13 heteroatoms. The van der Waals surface area contributed by atoms with Gasteiger partial charge in [0.1, 0.15) is 12.2 Å². The fourth-order valence-corrected chi connectivity index (χ4v) is 9.24. The number of likely N-dealkylation sites (N-methyl/N-ethyl adjacent to an activating group) is 2. The zero-order valence-corrected chi connectivity index (χ0v) is 41.5. The molecule has 0 aliphatic heterocycles. The maximum absolute atomic E-state index is 13.2. The molecular weight excluding hydrogens is 869 g/mol. The molecule has 0 bridgehead atoms. The van der Waals surface area contributed by atoms with Gasteiger partial charge in [-0.05, 0) is 85.3 Å². The van der Waals surface area contributed by atoms with Crippen LogP contribution in [0.15, 0.2) is 109 Å². The van der Waals surface area contributed by atoms with Gasteiger partial charge in [-0.2, -0.15) is 0 Å². The average molecular weight is 949 g/mol. The largest absolute Gasteiger partial charge is 0.395 e. The van der Waals surface area contributed by atoms with Crippen molar-refractivity contribution in [3.8, 4) is 0 Å². The van der Waals surface area contributed by atoms with Gasteiger partial charge in [-0.3, -0.25) is 19.2 Å². The van der Waals surface area contributed by atoms with E-state index in [2.05, 4.69) is 31.9 Å². The number of amides is 4. The number of carbonyl (C=O) groups is 4. The fourth-order valence-electron chi connectivity index (χ4n) is 9.24. The molecule has 0 radical (unpaired) electrons. The normalized spacial score (nSPS) is 15.6. The summed E-state index contributed by atoms with van der Waals surface area (Å²) >= 11 is 0. The van der Waals surface area contributed by atoms with Crippen LogP contribution in [0.1, 0.15) is 146 Å².